The molecule has 1 aliphatic heterocycles. The number of allylic oxidation sites excluding steroid dienone is 1. The van der Waals surface area contributed by atoms with Crippen LogP contribution in [0.15, 0.2) is 36.4 Å². The zero-order chi connectivity index (χ0) is 17.6. The Morgan fingerprint density at radius 1 is 1.08 bits per heavy atom. The van der Waals surface area contributed by atoms with Crippen LogP contribution in [0.3, 0.4) is 0 Å². The fraction of sp³-hybridized carbons (Fsp3) is 0.545. The Balaban J connectivity index is 2.24. The molecule has 0 N–H and O–H groups in total. The number of nitrogens with zero attached hydrogens (tertiary/aromatic N) is 1. The highest BCUT2D eigenvalue weighted by atomic mass is 28.3. The molecular weight excluding hydrogens is 306 g/mol. The fourth-order valence-electron chi connectivity index (χ4n) is 2.63. The maximum atomic E-state index is 3.69. The van der Waals surface area contributed by atoms with Gasteiger partial charge >= 0.3 is 0 Å². The van der Waals surface area contributed by atoms with Gasteiger partial charge in [0.2, 0.25) is 0 Å². The first kappa shape index (κ1) is 19.0. The number of piperidine rings is 1. The third kappa shape index (κ3) is 5.36. The molecule has 0 aliphatic carbocycles. The molecule has 24 heavy (non-hydrogen) atoms. The van der Waals surface area contributed by atoms with Crippen LogP contribution in [0.5, 0.6) is 0 Å². The Labute approximate surface area is 150 Å². The van der Waals surface area contributed by atoms with Gasteiger partial charge in [-0.25, -0.2) is 0 Å². The van der Waals surface area contributed by atoms with Crippen molar-refractivity contribution in [3.63, 3.8) is 0 Å². The number of rotatable bonds is 3. The minimum Gasteiger partial charge on any atom is -0.300 e. The van der Waals surface area contributed by atoms with Gasteiger partial charge in [-0.05, 0) is 36.5 Å². The maximum absolute atomic E-state index is 3.69. The Hall–Kier alpha value is -1.30. The summed E-state index contributed by atoms with van der Waals surface area (Å²) < 4.78 is 0. The lowest BCUT2D eigenvalue weighted by molar-refractivity contribution is 0.252. The van der Waals surface area contributed by atoms with Crippen LogP contribution >= 0.6 is 0 Å². The molecule has 1 heterocycles. The lowest BCUT2D eigenvalue weighted by Crippen LogP contribution is -2.35. The van der Waals surface area contributed by atoms with E-state index in [1.165, 1.54) is 43.5 Å². The smallest absolute Gasteiger partial charge is 0.138 e. The van der Waals surface area contributed by atoms with Crippen molar-refractivity contribution in [3.05, 3.63) is 42.0 Å². The van der Waals surface area contributed by atoms with E-state index < -0.39 is 8.07 Å². The van der Waals surface area contributed by atoms with Crippen LogP contribution in [-0.2, 0) is 0 Å². The molecule has 1 nitrogen and oxygen atoms in total. The normalized spacial score (nSPS) is 17.3. The minimum atomic E-state index is -1.58. The third-order valence-corrected chi connectivity index (χ3v) is 9.97. The van der Waals surface area contributed by atoms with E-state index in [9.17, 15) is 0 Å². The van der Waals surface area contributed by atoms with Crippen molar-refractivity contribution in [3.8, 4) is 11.5 Å². The summed E-state index contributed by atoms with van der Waals surface area (Å²) in [5.74, 6) is 3.57. The van der Waals surface area contributed by atoms with E-state index >= 15 is 0 Å². The second-order valence-electron chi connectivity index (χ2n) is 8.47. The molecular formula is C22H33NSi. The minimum absolute atomic E-state index is 0.300. The largest absolute Gasteiger partial charge is 0.300 e. The fourth-order valence-corrected chi connectivity index (χ4v) is 3.45. The van der Waals surface area contributed by atoms with Crippen molar-refractivity contribution in [2.24, 2.45) is 0 Å². The Kier molecular flexibility index (Phi) is 6.49. The van der Waals surface area contributed by atoms with E-state index in [0.29, 0.717) is 5.04 Å². The van der Waals surface area contributed by atoms with Crippen molar-refractivity contribution >= 4 is 13.6 Å². The summed E-state index contributed by atoms with van der Waals surface area (Å²) in [4.78, 5) is 2.56. The van der Waals surface area contributed by atoms with Gasteiger partial charge in [0.15, 0.2) is 0 Å². The molecule has 0 spiro atoms. The lowest BCUT2D eigenvalue weighted by Gasteiger charge is -2.31. The molecule has 0 aromatic heterocycles. The highest BCUT2D eigenvalue weighted by molar-refractivity contribution is 6.87. The van der Waals surface area contributed by atoms with Crippen molar-refractivity contribution in [2.75, 3.05) is 19.6 Å². The zero-order valence-corrected chi connectivity index (χ0v) is 17.2. The molecule has 2 heteroatoms. The van der Waals surface area contributed by atoms with E-state index in [1.807, 2.05) is 0 Å². The average Bonchev–Trinajstić information content (AvgIpc) is 2.55. The van der Waals surface area contributed by atoms with Crippen molar-refractivity contribution in [1.82, 2.24) is 4.90 Å². The number of benzene rings is 1. The maximum Gasteiger partial charge on any atom is 0.138 e. The van der Waals surface area contributed by atoms with Crippen LogP contribution in [-0.4, -0.2) is 32.6 Å². The summed E-state index contributed by atoms with van der Waals surface area (Å²) in [6.07, 6.45) is 6.41. The molecule has 1 aromatic rings. The van der Waals surface area contributed by atoms with Crippen molar-refractivity contribution < 1.29 is 0 Å². The Morgan fingerprint density at radius 2 is 1.71 bits per heavy atom. The number of hydrogen-bond acceptors (Lipinski definition) is 1. The molecule has 1 aliphatic rings. The first-order chi connectivity index (χ1) is 11.3. The third-order valence-electron chi connectivity index (χ3n) is 5.47. The summed E-state index contributed by atoms with van der Waals surface area (Å²) in [6.45, 7) is 15.2. The molecule has 2 rings (SSSR count). The van der Waals surface area contributed by atoms with Gasteiger partial charge in [-0.1, -0.05) is 82.6 Å². The number of likely N-dealkylation sites (tertiary alicyclic amines) is 1. The average molecular weight is 340 g/mol. The number of hydrogen-bond donors (Lipinski definition) is 0. The quantitative estimate of drug-likeness (QED) is 0.511. The van der Waals surface area contributed by atoms with E-state index in [1.54, 1.807) is 0 Å². The van der Waals surface area contributed by atoms with Gasteiger partial charge in [0.1, 0.15) is 8.07 Å². The van der Waals surface area contributed by atoms with Crippen molar-refractivity contribution in [2.45, 2.75) is 58.2 Å². The predicted molar refractivity (Wildman–Crippen MR) is 110 cm³/mol. The van der Waals surface area contributed by atoms with Gasteiger partial charge < -0.3 is 0 Å². The van der Waals surface area contributed by atoms with Gasteiger partial charge in [0.25, 0.3) is 0 Å². The Bertz CT molecular complexity index is 605. The molecule has 1 fully saturated rings. The molecule has 0 saturated carbocycles. The molecule has 0 atom stereocenters. The molecule has 0 unspecified atom stereocenters. The first-order valence-electron chi connectivity index (χ1n) is 9.31. The van der Waals surface area contributed by atoms with Gasteiger partial charge in [0.05, 0.1) is 0 Å². The molecule has 1 aromatic carbocycles. The molecule has 0 bridgehead atoms. The molecule has 0 amide bonds. The van der Waals surface area contributed by atoms with Crippen LogP contribution < -0.4 is 0 Å². The first-order valence-corrected chi connectivity index (χ1v) is 12.3. The van der Waals surface area contributed by atoms with Crippen LogP contribution in [0.1, 0.15) is 45.6 Å². The SMILES string of the molecule is CC(C)(C)[Si](C)(C)C#C/C(=C/CN1CCCCC1)c1ccccc1. The lowest BCUT2D eigenvalue weighted by atomic mass is 10.1. The summed E-state index contributed by atoms with van der Waals surface area (Å²) >= 11 is 0. The Morgan fingerprint density at radius 3 is 2.29 bits per heavy atom. The topological polar surface area (TPSA) is 3.24 Å². The van der Waals surface area contributed by atoms with Gasteiger partial charge in [-0.15, -0.1) is 5.54 Å². The van der Waals surface area contributed by atoms with Crippen LogP contribution in [0.25, 0.3) is 5.57 Å². The highest BCUT2D eigenvalue weighted by Crippen LogP contribution is 2.35. The standard InChI is InChI=1S/C22H33NSi/c1-22(2,3)24(4,5)19-15-21(20-12-8-6-9-13-20)14-18-23-16-10-7-11-17-23/h6,8-9,12-14H,7,10-11,16-18H2,1-5H3/b21-14-. The van der Waals surface area contributed by atoms with E-state index in [-0.39, 0.29) is 0 Å². The van der Waals surface area contributed by atoms with E-state index in [0.717, 1.165) is 6.54 Å². The molecule has 130 valence electrons. The highest BCUT2D eigenvalue weighted by Gasteiger charge is 2.33. The summed E-state index contributed by atoms with van der Waals surface area (Å²) in [6, 6.07) is 10.7. The van der Waals surface area contributed by atoms with Crippen molar-refractivity contribution in [1.29, 1.82) is 0 Å². The van der Waals surface area contributed by atoms with Crippen LogP contribution in [0.2, 0.25) is 18.1 Å². The monoisotopic (exact) mass is 339 g/mol. The van der Waals surface area contributed by atoms with Crippen LogP contribution in [0.4, 0.5) is 0 Å². The van der Waals surface area contributed by atoms with Gasteiger partial charge in [-0.2, -0.15) is 0 Å². The molecule has 0 radical (unpaired) electrons. The predicted octanol–water partition coefficient (Wildman–Crippen LogP) is 5.61. The summed E-state index contributed by atoms with van der Waals surface area (Å²) in [7, 11) is -1.58. The van der Waals surface area contributed by atoms with Crippen LogP contribution in [0, 0.1) is 11.5 Å². The summed E-state index contributed by atoms with van der Waals surface area (Å²) in [5, 5.41) is 0.300. The van der Waals surface area contributed by atoms with E-state index in [4.69, 9.17) is 0 Å². The van der Waals surface area contributed by atoms with E-state index in [2.05, 4.69) is 86.6 Å². The van der Waals surface area contributed by atoms with Gasteiger partial charge in [0, 0.05) is 12.1 Å². The zero-order valence-electron chi connectivity index (χ0n) is 16.2. The second kappa shape index (κ2) is 8.19. The van der Waals surface area contributed by atoms with Gasteiger partial charge in [-0.3, -0.25) is 4.90 Å². The summed E-state index contributed by atoms with van der Waals surface area (Å²) in [5.41, 5.74) is 6.14. The molecule has 1 saturated heterocycles. The second-order valence-corrected chi connectivity index (χ2v) is 13.5.